The molecule has 3 aromatic carbocycles. The first-order valence-electron chi connectivity index (χ1n) is 8.86. The molecule has 0 bridgehead atoms. The van der Waals surface area contributed by atoms with Gasteiger partial charge in [-0.05, 0) is 41.3 Å². The van der Waals surface area contributed by atoms with Gasteiger partial charge in [-0.15, -0.1) is 11.3 Å². The molecule has 1 heterocycles. The van der Waals surface area contributed by atoms with E-state index in [0.29, 0.717) is 5.56 Å². The smallest absolute Gasteiger partial charge is 0.203 e. The van der Waals surface area contributed by atoms with E-state index in [1.165, 1.54) is 17.4 Å². The van der Waals surface area contributed by atoms with E-state index in [0.717, 1.165) is 33.1 Å². The Labute approximate surface area is 167 Å². The van der Waals surface area contributed by atoms with Crippen LogP contribution in [0.4, 0.5) is 9.52 Å². The minimum Gasteiger partial charge on any atom is -0.253 e. The third-order valence-electron chi connectivity index (χ3n) is 4.35. The Morgan fingerprint density at radius 2 is 1.68 bits per heavy atom. The predicted octanol–water partition coefficient (Wildman–Crippen LogP) is 6.37. The molecule has 0 saturated heterocycles. The van der Waals surface area contributed by atoms with Gasteiger partial charge in [-0.2, -0.15) is 5.10 Å². The lowest BCUT2D eigenvalue weighted by Gasteiger charge is -2.04. The zero-order valence-electron chi connectivity index (χ0n) is 15.3. The van der Waals surface area contributed by atoms with Crippen LogP contribution >= 0.6 is 11.3 Å². The highest BCUT2D eigenvalue weighted by Gasteiger charge is 2.03. The van der Waals surface area contributed by atoms with Crippen LogP contribution in [0.15, 0.2) is 83.3 Å². The highest BCUT2D eigenvalue weighted by Crippen LogP contribution is 2.25. The lowest BCUT2D eigenvalue weighted by molar-refractivity contribution is 0.619. The largest absolute Gasteiger partial charge is 0.253 e. The molecule has 0 aliphatic rings. The summed E-state index contributed by atoms with van der Waals surface area (Å²) < 4.78 is 13.4. The zero-order chi connectivity index (χ0) is 19.3. The first-order valence-corrected chi connectivity index (χ1v) is 9.73. The molecular weight excluding hydrogens is 369 g/mol. The summed E-state index contributed by atoms with van der Waals surface area (Å²) in [5, 5.41) is 7.02. The summed E-state index contributed by atoms with van der Waals surface area (Å²) in [6.07, 6.45) is 1.75. The second-order valence-electron chi connectivity index (χ2n) is 6.36. The highest BCUT2D eigenvalue weighted by molar-refractivity contribution is 7.14. The molecule has 1 N–H and O–H groups in total. The molecule has 0 amide bonds. The van der Waals surface area contributed by atoms with Crippen molar-refractivity contribution in [1.29, 1.82) is 0 Å². The van der Waals surface area contributed by atoms with Gasteiger partial charge < -0.3 is 0 Å². The fourth-order valence-electron chi connectivity index (χ4n) is 2.81. The van der Waals surface area contributed by atoms with Crippen molar-refractivity contribution in [1.82, 2.24) is 4.98 Å². The second-order valence-corrected chi connectivity index (χ2v) is 7.22. The maximum Gasteiger partial charge on any atom is 0.203 e. The molecule has 3 nitrogen and oxygen atoms in total. The van der Waals surface area contributed by atoms with E-state index in [-0.39, 0.29) is 5.82 Å². The first-order chi connectivity index (χ1) is 13.7. The summed E-state index contributed by atoms with van der Waals surface area (Å²) in [5.74, 6) is -0.184. The van der Waals surface area contributed by atoms with E-state index in [2.05, 4.69) is 15.5 Å². The number of benzene rings is 3. The van der Waals surface area contributed by atoms with Gasteiger partial charge in [0.2, 0.25) is 5.13 Å². The van der Waals surface area contributed by atoms with Crippen LogP contribution in [0.3, 0.4) is 0 Å². The molecule has 138 valence electrons. The summed E-state index contributed by atoms with van der Waals surface area (Å²) in [6.45, 7) is 1.77. The third kappa shape index (κ3) is 4.15. The lowest BCUT2D eigenvalue weighted by Crippen LogP contribution is -1.90. The van der Waals surface area contributed by atoms with Crippen molar-refractivity contribution in [2.75, 3.05) is 5.43 Å². The molecule has 5 heteroatoms. The van der Waals surface area contributed by atoms with Crippen LogP contribution in [0.5, 0.6) is 0 Å². The summed E-state index contributed by atoms with van der Waals surface area (Å²) in [5.41, 5.74) is 8.65. The summed E-state index contributed by atoms with van der Waals surface area (Å²) in [4.78, 5) is 4.54. The molecule has 1 aromatic heterocycles. The molecule has 0 fully saturated rings. The third-order valence-corrected chi connectivity index (χ3v) is 5.10. The molecule has 0 unspecified atom stereocenters. The van der Waals surface area contributed by atoms with Gasteiger partial charge in [0.1, 0.15) is 5.82 Å². The van der Waals surface area contributed by atoms with Crippen molar-refractivity contribution < 1.29 is 4.39 Å². The number of aryl methyl sites for hydroxylation is 1. The summed E-state index contributed by atoms with van der Waals surface area (Å²) in [7, 11) is 0. The molecule has 0 aliphatic carbocycles. The van der Waals surface area contributed by atoms with E-state index in [9.17, 15) is 4.39 Å². The average molecular weight is 387 g/mol. The minimum absolute atomic E-state index is 0.184. The van der Waals surface area contributed by atoms with Crippen molar-refractivity contribution in [3.05, 3.63) is 95.1 Å². The van der Waals surface area contributed by atoms with Crippen LogP contribution in [-0.4, -0.2) is 11.2 Å². The molecule has 4 rings (SSSR count). The predicted molar refractivity (Wildman–Crippen MR) is 115 cm³/mol. The Morgan fingerprint density at radius 3 is 2.43 bits per heavy atom. The van der Waals surface area contributed by atoms with Crippen LogP contribution in [-0.2, 0) is 0 Å². The molecule has 0 aliphatic heterocycles. The minimum atomic E-state index is -0.184. The number of rotatable bonds is 5. The van der Waals surface area contributed by atoms with Gasteiger partial charge in [0.25, 0.3) is 0 Å². The molecule has 0 atom stereocenters. The molecule has 4 aromatic rings. The lowest BCUT2D eigenvalue weighted by atomic mass is 10.0. The standard InChI is InChI=1S/C23H18FN3S/c1-16-13-20(11-12-21(16)24)18-9-7-17(8-10-18)14-25-27-23-26-22(15-28-23)19-5-3-2-4-6-19/h2-15H,1H3,(H,26,27). The average Bonchev–Trinajstić information content (AvgIpc) is 3.20. The number of aromatic nitrogens is 1. The molecular formula is C23H18FN3S. The normalized spacial score (nSPS) is 11.1. The fourth-order valence-corrected chi connectivity index (χ4v) is 3.48. The molecule has 0 saturated carbocycles. The van der Waals surface area contributed by atoms with Crippen molar-refractivity contribution in [2.24, 2.45) is 5.10 Å². The molecule has 0 spiro atoms. The van der Waals surface area contributed by atoms with E-state index >= 15 is 0 Å². The van der Waals surface area contributed by atoms with E-state index < -0.39 is 0 Å². The highest BCUT2D eigenvalue weighted by atomic mass is 32.1. The Bertz CT molecular complexity index is 1100. The van der Waals surface area contributed by atoms with Crippen LogP contribution in [0.25, 0.3) is 22.4 Å². The number of hydrogen-bond acceptors (Lipinski definition) is 4. The summed E-state index contributed by atoms with van der Waals surface area (Å²) in [6, 6.07) is 23.2. The number of anilines is 1. The van der Waals surface area contributed by atoms with Crippen molar-refractivity contribution in [3.8, 4) is 22.4 Å². The number of nitrogens with zero attached hydrogens (tertiary/aromatic N) is 2. The Kier molecular flexibility index (Phi) is 5.26. The van der Waals surface area contributed by atoms with Crippen molar-refractivity contribution in [3.63, 3.8) is 0 Å². The number of thiazole rings is 1. The van der Waals surface area contributed by atoms with Crippen LogP contribution in [0.2, 0.25) is 0 Å². The fraction of sp³-hybridized carbons (Fsp3) is 0.0435. The second kappa shape index (κ2) is 8.15. The van der Waals surface area contributed by atoms with Crippen molar-refractivity contribution >= 4 is 22.7 Å². The SMILES string of the molecule is Cc1cc(-c2ccc(C=NNc3nc(-c4ccccc4)cs3)cc2)ccc1F. The van der Waals surface area contributed by atoms with Gasteiger partial charge in [0.15, 0.2) is 0 Å². The molecule has 0 radical (unpaired) electrons. The quantitative estimate of drug-likeness (QED) is 0.319. The zero-order valence-corrected chi connectivity index (χ0v) is 16.1. The van der Waals surface area contributed by atoms with E-state index in [1.807, 2.05) is 66.0 Å². The van der Waals surface area contributed by atoms with Gasteiger partial charge >= 0.3 is 0 Å². The number of hydrogen-bond donors (Lipinski definition) is 1. The van der Waals surface area contributed by atoms with Crippen LogP contribution < -0.4 is 5.43 Å². The Hall–Kier alpha value is -3.31. The Morgan fingerprint density at radius 1 is 0.929 bits per heavy atom. The maximum absolute atomic E-state index is 13.4. The maximum atomic E-state index is 13.4. The molecule has 28 heavy (non-hydrogen) atoms. The van der Waals surface area contributed by atoms with Gasteiger partial charge in [0.05, 0.1) is 11.9 Å². The van der Waals surface area contributed by atoms with Gasteiger partial charge in [-0.3, -0.25) is 5.43 Å². The van der Waals surface area contributed by atoms with Gasteiger partial charge in [-0.1, -0.05) is 60.7 Å². The van der Waals surface area contributed by atoms with Crippen molar-refractivity contribution in [2.45, 2.75) is 6.92 Å². The van der Waals surface area contributed by atoms with E-state index in [4.69, 9.17) is 0 Å². The van der Waals surface area contributed by atoms with E-state index in [1.54, 1.807) is 19.2 Å². The van der Waals surface area contributed by atoms with Gasteiger partial charge in [0, 0.05) is 10.9 Å². The Balaban J connectivity index is 1.41. The monoisotopic (exact) mass is 387 g/mol. The number of halogens is 1. The number of hydrazone groups is 1. The van der Waals surface area contributed by atoms with Gasteiger partial charge in [-0.25, -0.2) is 9.37 Å². The van der Waals surface area contributed by atoms with Crippen LogP contribution in [0.1, 0.15) is 11.1 Å². The first kappa shape index (κ1) is 18.1. The van der Waals surface area contributed by atoms with Crippen LogP contribution in [0, 0.1) is 12.7 Å². The number of nitrogens with one attached hydrogen (secondary N) is 1. The summed E-state index contributed by atoms with van der Waals surface area (Å²) >= 11 is 1.52. The topological polar surface area (TPSA) is 37.3 Å².